The minimum Gasteiger partial charge on any atom is -0.317 e. The quantitative estimate of drug-likeness (QED) is 0.334. The summed E-state index contributed by atoms with van der Waals surface area (Å²) in [4.78, 5) is 0. The summed E-state index contributed by atoms with van der Waals surface area (Å²) in [7, 11) is 0. The number of hydrogen-bond donors (Lipinski definition) is 2. The zero-order valence-electron chi connectivity index (χ0n) is 11.1. The Bertz CT molecular complexity index is 422. The van der Waals surface area contributed by atoms with Gasteiger partial charge in [0.25, 0.3) is 0 Å². The molecule has 0 fully saturated rings. The second-order valence-electron chi connectivity index (χ2n) is 4.33. The molecule has 0 aliphatic heterocycles. The van der Waals surface area contributed by atoms with Crippen LogP contribution in [0.3, 0.4) is 0 Å². The molecule has 0 aliphatic carbocycles. The highest BCUT2D eigenvalue weighted by atomic mass is 19.2. The third kappa shape index (κ3) is 4.14. The van der Waals surface area contributed by atoms with E-state index in [2.05, 4.69) is 10.6 Å². The number of hydrogen-bond acceptors (Lipinski definition) is 2. The molecule has 0 aromatic heterocycles. The lowest BCUT2D eigenvalue weighted by Gasteiger charge is -2.09. The SMILES string of the molecule is CCCNCCCNCc1c(F)c(F)c(F)c(F)c1F. The lowest BCUT2D eigenvalue weighted by atomic mass is 10.1. The molecule has 0 aliphatic rings. The Morgan fingerprint density at radius 1 is 0.700 bits per heavy atom. The van der Waals surface area contributed by atoms with Crippen LogP contribution in [0.5, 0.6) is 0 Å². The molecule has 2 N–H and O–H groups in total. The van der Waals surface area contributed by atoms with Crippen molar-refractivity contribution in [3.05, 3.63) is 34.6 Å². The number of benzene rings is 1. The van der Waals surface area contributed by atoms with Crippen molar-refractivity contribution in [2.45, 2.75) is 26.3 Å². The molecular weight excluding hydrogens is 279 g/mol. The molecule has 2 nitrogen and oxygen atoms in total. The van der Waals surface area contributed by atoms with Gasteiger partial charge in [-0.3, -0.25) is 0 Å². The molecule has 20 heavy (non-hydrogen) atoms. The van der Waals surface area contributed by atoms with Crippen molar-refractivity contribution >= 4 is 0 Å². The molecule has 0 saturated carbocycles. The van der Waals surface area contributed by atoms with E-state index in [1.807, 2.05) is 6.92 Å². The molecule has 0 bridgehead atoms. The Hall–Kier alpha value is -1.21. The van der Waals surface area contributed by atoms with Gasteiger partial charge in [-0.25, -0.2) is 22.0 Å². The van der Waals surface area contributed by atoms with Crippen LogP contribution in [0.15, 0.2) is 0 Å². The first-order valence-electron chi connectivity index (χ1n) is 6.42. The standard InChI is InChI=1S/C13H17F5N2/c1-2-4-19-5-3-6-20-7-8-9(14)11(16)13(18)12(17)10(8)15/h19-20H,2-7H2,1H3. The molecule has 0 atom stereocenters. The predicted molar refractivity (Wildman–Crippen MR) is 65.7 cm³/mol. The summed E-state index contributed by atoms with van der Waals surface area (Å²) in [6.07, 6.45) is 1.69. The van der Waals surface area contributed by atoms with E-state index in [0.717, 1.165) is 19.5 Å². The summed E-state index contributed by atoms with van der Waals surface area (Å²) in [6.45, 7) is 3.62. The third-order valence-corrected chi connectivity index (χ3v) is 2.74. The van der Waals surface area contributed by atoms with E-state index in [0.29, 0.717) is 13.0 Å². The van der Waals surface area contributed by atoms with E-state index in [1.54, 1.807) is 0 Å². The fraction of sp³-hybridized carbons (Fsp3) is 0.538. The van der Waals surface area contributed by atoms with Crippen LogP contribution in [0.25, 0.3) is 0 Å². The van der Waals surface area contributed by atoms with Crippen molar-refractivity contribution in [3.63, 3.8) is 0 Å². The van der Waals surface area contributed by atoms with Gasteiger partial charge in [-0.15, -0.1) is 0 Å². The highest BCUT2D eigenvalue weighted by Gasteiger charge is 2.24. The molecule has 1 rings (SSSR count). The van der Waals surface area contributed by atoms with Crippen LogP contribution in [-0.4, -0.2) is 19.6 Å². The summed E-state index contributed by atoms with van der Waals surface area (Å²) in [5, 5.41) is 5.78. The monoisotopic (exact) mass is 296 g/mol. The lowest BCUT2D eigenvalue weighted by molar-refractivity contribution is 0.367. The van der Waals surface area contributed by atoms with Crippen molar-refractivity contribution in [2.24, 2.45) is 0 Å². The van der Waals surface area contributed by atoms with Crippen LogP contribution in [0.4, 0.5) is 22.0 Å². The van der Waals surface area contributed by atoms with Gasteiger partial charge in [0.15, 0.2) is 23.3 Å². The summed E-state index contributed by atoms with van der Waals surface area (Å²) in [5.74, 6) is -9.51. The zero-order chi connectivity index (χ0) is 15.1. The van der Waals surface area contributed by atoms with Crippen molar-refractivity contribution in [1.29, 1.82) is 0 Å². The Kier molecular flexibility index (Phi) is 6.87. The van der Waals surface area contributed by atoms with Crippen LogP contribution in [-0.2, 0) is 6.54 Å². The minimum atomic E-state index is -2.13. The van der Waals surface area contributed by atoms with E-state index in [4.69, 9.17) is 0 Å². The summed E-state index contributed by atoms with van der Waals surface area (Å²) in [6, 6.07) is 0. The summed E-state index contributed by atoms with van der Waals surface area (Å²) < 4.78 is 65.2. The van der Waals surface area contributed by atoms with Gasteiger partial charge in [-0.05, 0) is 32.5 Å². The Labute approximate surface area is 114 Å². The van der Waals surface area contributed by atoms with Gasteiger partial charge in [0.05, 0.1) is 0 Å². The third-order valence-electron chi connectivity index (χ3n) is 2.74. The average Bonchev–Trinajstić information content (AvgIpc) is 2.45. The molecule has 0 amide bonds. The highest BCUT2D eigenvalue weighted by molar-refractivity contribution is 5.23. The van der Waals surface area contributed by atoms with Gasteiger partial charge in [-0.1, -0.05) is 6.92 Å². The van der Waals surface area contributed by atoms with Crippen LogP contribution < -0.4 is 10.6 Å². The predicted octanol–water partition coefficient (Wildman–Crippen LogP) is 2.86. The molecular formula is C13H17F5N2. The average molecular weight is 296 g/mol. The maximum Gasteiger partial charge on any atom is 0.200 e. The number of nitrogens with one attached hydrogen (secondary N) is 2. The van der Waals surface area contributed by atoms with Crippen molar-refractivity contribution in [1.82, 2.24) is 10.6 Å². The van der Waals surface area contributed by atoms with Gasteiger partial charge in [0.2, 0.25) is 5.82 Å². The summed E-state index contributed by atoms with van der Waals surface area (Å²) >= 11 is 0. The van der Waals surface area contributed by atoms with E-state index in [-0.39, 0.29) is 0 Å². The molecule has 1 aromatic carbocycles. The van der Waals surface area contributed by atoms with Crippen molar-refractivity contribution < 1.29 is 22.0 Å². The van der Waals surface area contributed by atoms with Gasteiger partial charge in [0, 0.05) is 12.1 Å². The fourth-order valence-electron chi connectivity index (χ4n) is 1.66. The van der Waals surface area contributed by atoms with Crippen LogP contribution in [0.2, 0.25) is 0 Å². The normalized spacial score (nSPS) is 11.1. The summed E-state index contributed by atoms with van der Waals surface area (Å²) in [5.41, 5.74) is -0.831. The van der Waals surface area contributed by atoms with E-state index >= 15 is 0 Å². The first-order chi connectivity index (χ1) is 9.50. The number of rotatable bonds is 8. The molecule has 114 valence electrons. The maximum atomic E-state index is 13.3. The van der Waals surface area contributed by atoms with Gasteiger partial charge in [0.1, 0.15) is 0 Å². The van der Waals surface area contributed by atoms with Crippen molar-refractivity contribution in [2.75, 3.05) is 19.6 Å². The Morgan fingerprint density at radius 2 is 1.20 bits per heavy atom. The largest absolute Gasteiger partial charge is 0.317 e. The Morgan fingerprint density at radius 3 is 1.75 bits per heavy atom. The first kappa shape index (κ1) is 16.8. The van der Waals surface area contributed by atoms with Gasteiger partial charge < -0.3 is 10.6 Å². The van der Waals surface area contributed by atoms with E-state index in [9.17, 15) is 22.0 Å². The molecule has 0 unspecified atom stereocenters. The molecule has 0 heterocycles. The van der Waals surface area contributed by atoms with E-state index < -0.39 is 41.2 Å². The fourth-order valence-corrected chi connectivity index (χ4v) is 1.66. The molecule has 1 aromatic rings. The molecule has 7 heteroatoms. The minimum absolute atomic E-state index is 0.403. The zero-order valence-corrected chi connectivity index (χ0v) is 11.1. The maximum absolute atomic E-state index is 13.3. The topological polar surface area (TPSA) is 24.1 Å². The number of halogens is 5. The van der Waals surface area contributed by atoms with Gasteiger partial charge in [-0.2, -0.15) is 0 Å². The van der Waals surface area contributed by atoms with Crippen molar-refractivity contribution in [3.8, 4) is 0 Å². The second kappa shape index (κ2) is 8.16. The Balaban J connectivity index is 2.52. The smallest absolute Gasteiger partial charge is 0.200 e. The van der Waals surface area contributed by atoms with Gasteiger partial charge >= 0.3 is 0 Å². The molecule has 0 radical (unpaired) electrons. The highest BCUT2D eigenvalue weighted by Crippen LogP contribution is 2.22. The first-order valence-corrected chi connectivity index (χ1v) is 6.42. The van der Waals surface area contributed by atoms with E-state index in [1.165, 1.54) is 0 Å². The van der Waals surface area contributed by atoms with Crippen LogP contribution in [0.1, 0.15) is 25.3 Å². The van der Waals surface area contributed by atoms with Crippen LogP contribution >= 0.6 is 0 Å². The van der Waals surface area contributed by atoms with Crippen LogP contribution in [0, 0.1) is 29.1 Å². The lowest BCUT2D eigenvalue weighted by Crippen LogP contribution is -2.23. The molecule has 0 spiro atoms. The molecule has 0 saturated heterocycles. The second-order valence-corrected chi connectivity index (χ2v) is 4.33.